The van der Waals surface area contributed by atoms with Gasteiger partial charge in [-0.2, -0.15) is 0 Å². The molecule has 0 aliphatic rings. The van der Waals surface area contributed by atoms with Crippen LogP contribution < -0.4 is 11.1 Å². The van der Waals surface area contributed by atoms with Gasteiger partial charge in [-0.15, -0.1) is 0 Å². The third-order valence-electron chi connectivity index (χ3n) is 1.07. The molecule has 0 saturated carbocycles. The van der Waals surface area contributed by atoms with E-state index in [1.165, 1.54) is 0 Å². The zero-order chi connectivity index (χ0) is 13.3. The SMILES string of the molecule is CC(=O)C(=O)NCC(=O)O.CC(=O)C(N)=O. The van der Waals surface area contributed by atoms with Crippen molar-refractivity contribution in [2.45, 2.75) is 13.8 Å². The molecule has 0 fully saturated rings. The van der Waals surface area contributed by atoms with Crippen LogP contribution in [0, 0.1) is 0 Å². The highest BCUT2D eigenvalue weighted by Crippen LogP contribution is 1.68. The summed E-state index contributed by atoms with van der Waals surface area (Å²) in [5, 5.41) is 9.91. The molecule has 8 nitrogen and oxygen atoms in total. The van der Waals surface area contributed by atoms with Crippen LogP contribution in [-0.2, 0) is 24.0 Å². The van der Waals surface area contributed by atoms with Gasteiger partial charge in [0.2, 0.25) is 11.6 Å². The molecule has 0 radical (unpaired) electrons. The third kappa shape index (κ3) is 11.8. The largest absolute Gasteiger partial charge is 0.480 e. The molecule has 0 saturated heterocycles. The van der Waals surface area contributed by atoms with Gasteiger partial charge in [-0.25, -0.2) is 0 Å². The number of aliphatic carboxylic acids is 1. The van der Waals surface area contributed by atoms with Gasteiger partial charge in [-0.3, -0.25) is 24.0 Å². The van der Waals surface area contributed by atoms with Crippen molar-refractivity contribution in [3.8, 4) is 0 Å². The number of carboxylic acids is 1. The number of nitrogens with one attached hydrogen (secondary N) is 1. The van der Waals surface area contributed by atoms with E-state index in [4.69, 9.17) is 5.11 Å². The molecule has 0 aromatic heterocycles. The Kier molecular flexibility index (Phi) is 8.19. The zero-order valence-corrected chi connectivity index (χ0v) is 8.77. The number of carbonyl (C=O) groups excluding carboxylic acids is 4. The topological polar surface area (TPSA) is 144 Å². The second-order valence-corrected chi connectivity index (χ2v) is 2.55. The van der Waals surface area contributed by atoms with E-state index >= 15 is 0 Å². The lowest BCUT2D eigenvalue weighted by Crippen LogP contribution is -2.33. The Morgan fingerprint density at radius 1 is 1.06 bits per heavy atom. The van der Waals surface area contributed by atoms with Crippen molar-refractivity contribution in [1.29, 1.82) is 0 Å². The first-order valence-electron chi connectivity index (χ1n) is 3.99. The van der Waals surface area contributed by atoms with Crippen molar-refractivity contribution >= 4 is 29.4 Å². The fourth-order valence-electron chi connectivity index (χ4n) is 0.280. The first-order valence-corrected chi connectivity index (χ1v) is 3.99. The van der Waals surface area contributed by atoms with Gasteiger partial charge in [-0.05, 0) is 0 Å². The molecule has 0 aliphatic heterocycles. The predicted octanol–water partition coefficient (Wildman–Crippen LogP) is -2.16. The fraction of sp³-hybridized carbons (Fsp3) is 0.375. The molecule has 0 aromatic rings. The molecule has 0 bridgehead atoms. The maximum atomic E-state index is 10.3. The highest BCUT2D eigenvalue weighted by Gasteiger charge is 2.07. The van der Waals surface area contributed by atoms with E-state index in [1.807, 2.05) is 5.32 Å². The van der Waals surface area contributed by atoms with Crippen molar-refractivity contribution in [2.24, 2.45) is 5.73 Å². The number of hydrogen-bond donors (Lipinski definition) is 3. The molecule has 90 valence electrons. The number of primary amides is 1. The van der Waals surface area contributed by atoms with Crippen molar-refractivity contribution in [3.05, 3.63) is 0 Å². The zero-order valence-electron chi connectivity index (χ0n) is 8.77. The standard InChI is InChI=1S/C5H7NO4.C3H5NO2/c1-3(7)5(10)6-2-4(8)9;1-2(5)3(4)6/h2H2,1H3,(H,6,10)(H,8,9);1H3,(H2,4,6). The van der Waals surface area contributed by atoms with E-state index in [1.54, 1.807) is 0 Å². The van der Waals surface area contributed by atoms with E-state index < -0.39 is 35.9 Å². The molecule has 8 heteroatoms. The maximum absolute atomic E-state index is 10.3. The number of hydrogen-bond acceptors (Lipinski definition) is 5. The third-order valence-corrected chi connectivity index (χ3v) is 1.07. The van der Waals surface area contributed by atoms with E-state index in [0.29, 0.717) is 0 Å². The number of carboxylic acid groups (broad SMARTS) is 1. The molecular weight excluding hydrogens is 220 g/mol. The lowest BCUT2D eigenvalue weighted by molar-refractivity contribution is -0.140. The molecule has 0 rings (SSSR count). The van der Waals surface area contributed by atoms with Gasteiger partial charge < -0.3 is 16.2 Å². The Bertz CT molecular complexity index is 310. The Morgan fingerprint density at radius 2 is 1.44 bits per heavy atom. The Labute approximate surface area is 90.8 Å². The van der Waals surface area contributed by atoms with Gasteiger partial charge in [-0.1, -0.05) is 0 Å². The van der Waals surface area contributed by atoms with Crippen LogP contribution in [0.25, 0.3) is 0 Å². The first-order chi connectivity index (χ1) is 7.18. The molecular formula is C8H12N2O6. The maximum Gasteiger partial charge on any atom is 0.322 e. The summed E-state index contributed by atoms with van der Waals surface area (Å²) in [6.07, 6.45) is 0. The smallest absolute Gasteiger partial charge is 0.322 e. The summed E-state index contributed by atoms with van der Waals surface area (Å²) in [7, 11) is 0. The van der Waals surface area contributed by atoms with Gasteiger partial charge in [0.15, 0.2) is 0 Å². The Hall–Kier alpha value is -2.25. The van der Waals surface area contributed by atoms with Crippen LogP contribution in [-0.4, -0.2) is 41.0 Å². The van der Waals surface area contributed by atoms with E-state index in [9.17, 15) is 24.0 Å². The Morgan fingerprint density at radius 3 is 1.62 bits per heavy atom. The number of nitrogens with two attached hydrogens (primary N) is 1. The Balaban J connectivity index is 0. The van der Waals surface area contributed by atoms with E-state index in [2.05, 4.69) is 5.73 Å². The van der Waals surface area contributed by atoms with Gasteiger partial charge >= 0.3 is 5.97 Å². The molecule has 0 aliphatic carbocycles. The summed E-state index contributed by atoms with van der Waals surface area (Å²) >= 11 is 0. The van der Waals surface area contributed by atoms with Crippen molar-refractivity contribution < 1.29 is 29.1 Å². The lowest BCUT2D eigenvalue weighted by Gasteiger charge is -1.95. The summed E-state index contributed by atoms with van der Waals surface area (Å²) < 4.78 is 0. The summed E-state index contributed by atoms with van der Waals surface area (Å²) in [5.74, 6) is -4.22. The number of carbonyl (C=O) groups is 5. The average Bonchev–Trinajstić information content (AvgIpc) is 2.14. The quantitative estimate of drug-likeness (QED) is 0.471. The monoisotopic (exact) mass is 232 g/mol. The fourth-order valence-corrected chi connectivity index (χ4v) is 0.280. The summed E-state index contributed by atoms with van der Waals surface area (Å²) in [6, 6.07) is 0. The number of Topliss-reactive ketones (excluding diaryl/α,β-unsaturated/α-hetero) is 2. The highest BCUT2D eigenvalue weighted by molar-refractivity contribution is 6.35. The first kappa shape index (κ1) is 16.2. The van der Waals surface area contributed by atoms with Crippen LogP contribution in [0.15, 0.2) is 0 Å². The lowest BCUT2D eigenvalue weighted by atomic mass is 10.4. The molecule has 0 atom stereocenters. The second-order valence-electron chi connectivity index (χ2n) is 2.55. The molecule has 2 amide bonds. The van der Waals surface area contributed by atoms with Gasteiger partial charge in [0, 0.05) is 13.8 Å². The number of amides is 2. The van der Waals surface area contributed by atoms with Crippen LogP contribution in [0.4, 0.5) is 0 Å². The summed E-state index contributed by atoms with van der Waals surface area (Å²) in [5.41, 5.74) is 4.45. The number of rotatable bonds is 4. The average molecular weight is 232 g/mol. The minimum absolute atomic E-state index is 0.515. The predicted molar refractivity (Wildman–Crippen MR) is 51.2 cm³/mol. The van der Waals surface area contributed by atoms with Crippen LogP contribution in [0.5, 0.6) is 0 Å². The van der Waals surface area contributed by atoms with Gasteiger partial charge in [0.05, 0.1) is 0 Å². The van der Waals surface area contributed by atoms with Crippen molar-refractivity contribution in [2.75, 3.05) is 6.54 Å². The van der Waals surface area contributed by atoms with E-state index in [-0.39, 0.29) is 0 Å². The van der Waals surface area contributed by atoms with Crippen LogP contribution >= 0.6 is 0 Å². The van der Waals surface area contributed by atoms with Crippen LogP contribution in [0.1, 0.15) is 13.8 Å². The van der Waals surface area contributed by atoms with Gasteiger partial charge in [0.1, 0.15) is 6.54 Å². The van der Waals surface area contributed by atoms with Crippen molar-refractivity contribution in [1.82, 2.24) is 5.32 Å². The highest BCUT2D eigenvalue weighted by atomic mass is 16.4. The summed E-state index contributed by atoms with van der Waals surface area (Å²) in [6.45, 7) is 1.68. The summed E-state index contributed by atoms with van der Waals surface area (Å²) in [4.78, 5) is 49.5. The molecule has 0 unspecified atom stereocenters. The minimum atomic E-state index is -1.17. The van der Waals surface area contributed by atoms with Crippen LogP contribution in [0.3, 0.4) is 0 Å². The van der Waals surface area contributed by atoms with E-state index in [0.717, 1.165) is 13.8 Å². The van der Waals surface area contributed by atoms with Gasteiger partial charge in [0.25, 0.3) is 11.8 Å². The normalized spacial score (nSPS) is 8.12. The molecule has 0 aromatic carbocycles. The minimum Gasteiger partial charge on any atom is -0.480 e. The second kappa shape index (κ2) is 8.09. The molecule has 0 heterocycles. The van der Waals surface area contributed by atoms with Crippen LogP contribution in [0.2, 0.25) is 0 Å². The molecule has 4 N–H and O–H groups in total. The number of ketones is 2. The molecule has 16 heavy (non-hydrogen) atoms. The molecule has 0 spiro atoms. The van der Waals surface area contributed by atoms with Crippen molar-refractivity contribution in [3.63, 3.8) is 0 Å².